The van der Waals surface area contributed by atoms with Gasteiger partial charge in [-0.1, -0.05) is 26.7 Å². The molecule has 0 bridgehead atoms. The Balaban J connectivity index is 3.24. The molecule has 0 amide bonds. The summed E-state index contributed by atoms with van der Waals surface area (Å²) in [4.78, 5) is 0. The molecule has 0 fully saturated rings. The first-order chi connectivity index (χ1) is 6.85. The molecule has 1 unspecified atom stereocenters. The van der Waals surface area contributed by atoms with E-state index in [4.69, 9.17) is 5.11 Å². The molecule has 2 N–H and O–H groups in total. The van der Waals surface area contributed by atoms with E-state index < -0.39 is 0 Å². The predicted octanol–water partition coefficient (Wildman–Crippen LogP) is 2.71. The third kappa shape index (κ3) is 8.52. The van der Waals surface area contributed by atoms with Gasteiger partial charge in [-0.2, -0.15) is 0 Å². The van der Waals surface area contributed by atoms with E-state index in [2.05, 4.69) is 19.2 Å². The largest absolute Gasteiger partial charge is 0.396 e. The highest BCUT2D eigenvalue weighted by Crippen LogP contribution is 2.04. The minimum Gasteiger partial charge on any atom is -0.396 e. The van der Waals surface area contributed by atoms with Crippen LogP contribution in [0.3, 0.4) is 0 Å². The fraction of sp³-hybridized carbons (Fsp3) is 1.00. The van der Waals surface area contributed by atoms with Crippen molar-refractivity contribution in [2.45, 2.75) is 64.8 Å². The topological polar surface area (TPSA) is 32.3 Å². The number of unbranched alkanes of at least 4 members (excludes halogenated alkanes) is 3. The predicted molar refractivity (Wildman–Crippen MR) is 62.5 cm³/mol. The van der Waals surface area contributed by atoms with E-state index in [0.29, 0.717) is 12.6 Å². The SMILES string of the molecule is CCCCC(CC)NCCCCCO. The smallest absolute Gasteiger partial charge is 0.0431 e. The Hall–Kier alpha value is -0.0800. The van der Waals surface area contributed by atoms with Gasteiger partial charge >= 0.3 is 0 Å². The van der Waals surface area contributed by atoms with E-state index in [1.54, 1.807) is 0 Å². The number of aliphatic hydroxyl groups is 1. The van der Waals surface area contributed by atoms with Crippen molar-refractivity contribution in [1.82, 2.24) is 5.32 Å². The summed E-state index contributed by atoms with van der Waals surface area (Å²) in [5.41, 5.74) is 0. The molecule has 0 saturated carbocycles. The van der Waals surface area contributed by atoms with E-state index in [9.17, 15) is 0 Å². The van der Waals surface area contributed by atoms with Gasteiger partial charge in [-0.3, -0.25) is 0 Å². The van der Waals surface area contributed by atoms with Crippen LogP contribution in [0.4, 0.5) is 0 Å². The maximum atomic E-state index is 8.62. The summed E-state index contributed by atoms with van der Waals surface area (Å²) >= 11 is 0. The van der Waals surface area contributed by atoms with Gasteiger partial charge in [0.2, 0.25) is 0 Å². The average Bonchev–Trinajstić information content (AvgIpc) is 2.22. The monoisotopic (exact) mass is 201 g/mol. The zero-order chi connectivity index (χ0) is 10.6. The molecule has 0 heterocycles. The average molecular weight is 201 g/mol. The molecule has 14 heavy (non-hydrogen) atoms. The highest BCUT2D eigenvalue weighted by molar-refractivity contribution is 4.64. The molecule has 0 aliphatic heterocycles. The van der Waals surface area contributed by atoms with Crippen molar-refractivity contribution in [1.29, 1.82) is 0 Å². The molecule has 0 saturated heterocycles. The first kappa shape index (κ1) is 13.9. The van der Waals surface area contributed by atoms with E-state index in [1.807, 2.05) is 0 Å². The van der Waals surface area contributed by atoms with Gasteiger partial charge in [-0.25, -0.2) is 0 Å². The van der Waals surface area contributed by atoms with E-state index in [-0.39, 0.29) is 0 Å². The van der Waals surface area contributed by atoms with Crippen LogP contribution in [-0.4, -0.2) is 24.3 Å². The van der Waals surface area contributed by atoms with Gasteiger partial charge in [0.1, 0.15) is 0 Å². The molecule has 0 rings (SSSR count). The molecule has 0 aromatic heterocycles. The van der Waals surface area contributed by atoms with Crippen LogP contribution >= 0.6 is 0 Å². The van der Waals surface area contributed by atoms with Gasteiger partial charge in [0.05, 0.1) is 0 Å². The van der Waals surface area contributed by atoms with E-state index in [0.717, 1.165) is 19.4 Å². The summed E-state index contributed by atoms with van der Waals surface area (Å²) in [5.74, 6) is 0. The molecule has 2 nitrogen and oxygen atoms in total. The summed E-state index contributed by atoms with van der Waals surface area (Å²) in [6, 6.07) is 0.712. The molecule has 0 aliphatic rings. The Morgan fingerprint density at radius 1 is 1.07 bits per heavy atom. The maximum Gasteiger partial charge on any atom is 0.0431 e. The lowest BCUT2D eigenvalue weighted by molar-refractivity contribution is 0.282. The van der Waals surface area contributed by atoms with Crippen LogP contribution in [0.5, 0.6) is 0 Å². The second-order valence-electron chi connectivity index (χ2n) is 3.99. The van der Waals surface area contributed by atoms with Crippen LogP contribution < -0.4 is 5.32 Å². The van der Waals surface area contributed by atoms with Gasteiger partial charge in [-0.05, 0) is 38.6 Å². The second-order valence-corrected chi connectivity index (χ2v) is 3.99. The standard InChI is InChI=1S/C12H27NO/c1-3-5-9-12(4-2)13-10-7-6-8-11-14/h12-14H,3-11H2,1-2H3. The van der Waals surface area contributed by atoms with Crippen LogP contribution in [0.1, 0.15) is 58.8 Å². The van der Waals surface area contributed by atoms with Crippen molar-refractivity contribution in [2.24, 2.45) is 0 Å². The van der Waals surface area contributed by atoms with Crippen LogP contribution in [0.2, 0.25) is 0 Å². The summed E-state index contributed by atoms with van der Waals surface area (Å²) in [6.45, 7) is 5.95. The summed E-state index contributed by atoms with van der Waals surface area (Å²) < 4.78 is 0. The first-order valence-electron chi connectivity index (χ1n) is 6.19. The van der Waals surface area contributed by atoms with Gasteiger partial charge in [-0.15, -0.1) is 0 Å². The zero-order valence-corrected chi connectivity index (χ0v) is 9.89. The number of nitrogens with one attached hydrogen (secondary N) is 1. The molecular weight excluding hydrogens is 174 g/mol. The van der Waals surface area contributed by atoms with E-state index >= 15 is 0 Å². The third-order valence-electron chi connectivity index (χ3n) is 2.67. The highest BCUT2D eigenvalue weighted by Gasteiger charge is 2.03. The Labute approximate surface area is 89.1 Å². The quantitative estimate of drug-likeness (QED) is 0.533. The number of rotatable bonds is 10. The molecule has 0 aromatic rings. The Morgan fingerprint density at radius 2 is 1.86 bits per heavy atom. The van der Waals surface area contributed by atoms with Crippen molar-refractivity contribution < 1.29 is 5.11 Å². The fourth-order valence-corrected chi connectivity index (χ4v) is 1.62. The number of hydrogen-bond acceptors (Lipinski definition) is 2. The van der Waals surface area contributed by atoms with Crippen molar-refractivity contribution in [3.8, 4) is 0 Å². The molecular formula is C12H27NO. The summed E-state index contributed by atoms with van der Waals surface area (Å²) in [5, 5.41) is 12.2. The molecule has 0 aromatic carbocycles. The summed E-state index contributed by atoms with van der Waals surface area (Å²) in [7, 11) is 0. The second kappa shape index (κ2) is 11.0. The first-order valence-corrected chi connectivity index (χ1v) is 6.19. The molecule has 1 atom stereocenters. The van der Waals surface area contributed by atoms with Gasteiger partial charge in [0.15, 0.2) is 0 Å². The van der Waals surface area contributed by atoms with Crippen LogP contribution in [0.15, 0.2) is 0 Å². The number of aliphatic hydroxyl groups excluding tert-OH is 1. The Kier molecular flexibility index (Phi) is 10.9. The lowest BCUT2D eigenvalue weighted by Gasteiger charge is -2.16. The maximum absolute atomic E-state index is 8.62. The lowest BCUT2D eigenvalue weighted by Crippen LogP contribution is -2.29. The van der Waals surface area contributed by atoms with Crippen LogP contribution in [0.25, 0.3) is 0 Å². The number of hydrogen-bond donors (Lipinski definition) is 2. The zero-order valence-electron chi connectivity index (χ0n) is 9.89. The van der Waals surface area contributed by atoms with Gasteiger partial charge in [0, 0.05) is 12.6 Å². The van der Waals surface area contributed by atoms with E-state index in [1.165, 1.54) is 32.1 Å². The molecule has 0 spiro atoms. The normalized spacial score (nSPS) is 13.1. The molecule has 0 aliphatic carbocycles. The lowest BCUT2D eigenvalue weighted by atomic mass is 10.1. The van der Waals surface area contributed by atoms with Crippen molar-refractivity contribution >= 4 is 0 Å². The minimum atomic E-state index is 0.340. The Bertz CT molecular complexity index is 106. The fourth-order valence-electron chi connectivity index (χ4n) is 1.62. The van der Waals surface area contributed by atoms with Crippen LogP contribution in [-0.2, 0) is 0 Å². The van der Waals surface area contributed by atoms with Crippen molar-refractivity contribution in [2.75, 3.05) is 13.2 Å². The van der Waals surface area contributed by atoms with Gasteiger partial charge < -0.3 is 10.4 Å². The molecule has 86 valence electrons. The highest BCUT2D eigenvalue weighted by atomic mass is 16.2. The van der Waals surface area contributed by atoms with Crippen LogP contribution in [0, 0.1) is 0 Å². The third-order valence-corrected chi connectivity index (χ3v) is 2.67. The van der Waals surface area contributed by atoms with Crippen molar-refractivity contribution in [3.63, 3.8) is 0 Å². The van der Waals surface area contributed by atoms with Crippen molar-refractivity contribution in [3.05, 3.63) is 0 Å². The Morgan fingerprint density at radius 3 is 2.43 bits per heavy atom. The van der Waals surface area contributed by atoms with Gasteiger partial charge in [0.25, 0.3) is 0 Å². The summed E-state index contributed by atoms with van der Waals surface area (Å²) in [6.07, 6.45) is 8.47. The molecule has 2 heteroatoms. The molecule has 0 radical (unpaired) electrons. The minimum absolute atomic E-state index is 0.340.